The van der Waals surface area contributed by atoms with Gasteiger partial charge in [-0.3, -0.25) is 0 Å². The summed E-state index contributed by atoms with van der Waals surface area (Å²) in [4.78, 5) is 4.48. The molecule has 0 heterocycles. The van der Waals surface area contributed by atoms with Gasteiger partial charge in [0.05, 0.1) is 13.2 Å². The van der Waals surface area contributed by atoms with Gasteiger partial charge in [0.15, 0.2) is 5.96 Å². The molecule has 0 bridgehead atoms. The van der Waals surface area contributed by atoms with Crippen LogP contribution in [0.1, 0.15) is 44.2 Å². The molecule has 0 spiro atoms. The Kier molecular flexibility index (Phi) is 8.43. The van der Waals surface area contributed by atoms with Crippen molar-refractivity contribution in [2.45, 2.75) is 46.3 Å². The zero-order valence-corrected chi connectivity index (χ0v) is 13.0. The van der Waals surface area contributed by atoms with Crippen LogP contribution in [0.15, 0.2) is 23.2 Å². The molecule has 0 amide bonds. The smallest absolute Gasteiger partial charge is 0.191 e. The highest BCUT2D eigenvalue weighted by Gasteiger charge is 2.03. The van der Waals surface area contributed by atoms with Gasteiger partial charge in [-0.1, -0.05) is 25.8 Å². The van der Waals surface area contributed by atoms with Crippen LogP contribution in [0, 0.1) is 5.82 Å². The number of hydrogen-bond donors (Lipinski definition) is 3. The lowest BCUT2D eigenvalue weighted by atomic mass is 10.1. The van der Waals surface area contributed by atoms with Crippen molar-refractivity contribution in [2.75, 3.05) is 13.1 Å². The Morgan fingerprint density at radius 3 is 2.71 bits per heavy atom. The third kappa shape index (κ3) is 6.58. The highest BCUT2D eigenvalue weighted by Crippen LogP contribution is 2.11. The molecule has 118 valence electrons. The van der Waals surface area contributed by atoms with Crippen molar-refractivity contribution < 1.29 is 9.50 Å². The second-order valence-corrected chi connectivity index (χ2v) is 4.91. The van der Waals surface area contributed by atoms with E-state index in [1.807, 2.05) is 6.92 Å². The van der Waals surface area contributed by atoms with Crippen LogP contribution in [-0.4, -0.2) is 24.2 Å². The zero-order chi connectivity index (χ0) is 15.5. The monoisotopic (exact) mass is 295 g/mol. The molecule has 0 radical (unpaired) electrons. The summed E-state index contributed by atoms with van der Waals surface area (Å²) < 4.78 is 13.3. The highest BCUT2D eigenvalue weighted by molar-refractivity contribution is 5.79. The van der Waals surface area contributed by atoms with Crippen LogP contribution in [0.2, 0.25) is 0 Å². The molecule has 0 unspecified atom stereocenters. The number of aliphatic imine (C=N–C) groups is 1. The van der Waals surface area contributed by atoms with Gasteiger partial charge < -0.3 is 15.7 Å². The van der Waals surface area contributed by atoms with Crippen molar-refractivity contribution in [3.63, 3.8) is 0 Å². The molecule has 0 saturated heterocycles. The first-order chi connectivity index (χ1) is 10.2. The maximum Gasteiger partial charge on any atom is 0.191 e. The molecule has 1 aromatic carbocycles. The van der Waals surface area contributed by atoms with Crippen LogP contribution in [-0.2, 0) is 13.2 Å². The fourth-order valence-electron chi connectivity index (χ4n) is 1.94. The van der Waals surface area contributed by atoms with Crippen LogP contribution in [0.5, 0.6) is 0 Å². The quantitative estimate of drug-likeness (QED) is 0.392. The van der Waals surface area contributed by atoms with Crippen molar-refractivity contribution in [3.8, 4) is 0 Å². The molecule has 5 heteroatoms. The molecule has 4 nitrogen and oxygen atoms in total. The molecule has 0 aliphatic rings. The van der Waals surface area contributed by atoms with Crippen LogP contribution in [0.4, 0.5) is 4.39 Å². The van der Waals surface area contributed by atoms with E-state index in [2.05, 4.69) is 22.5 Å². The number of rotatable bonds is 8. The molecular formula is C16H26FN3O. The van der Waals surface area contributed by atoms with Crippen LogP contribution in [0.3, 0.4) is 0 Å². The first-order valence-corrected chi connectivity index (χ1v) is 7.61. The molecule has 0 fully saturated rings. The summed E-state index contributed by atoms with van der Waals surface area (Å²) in [6, 6.07) is 4.72. The summed E-state index contributed by atoms with van der Waals surface area (Å²) in [5.74, 6) is 0.387. The van der Waals surface area contributed by atoms with Gasteiger partial charge in [-0.15, -0.1) is 0 Å². The third-order valence-electron chi connectivity index (χ3n) is 3.12. The Labute approximate surface area is 126 Å². The maximum absolute atomic E-state index is 13.3. The van der Waals surface area contributed by atoms with Gasteiger partial charge in [0.2, 0.25) is 0 Å². The Hall–Kier alpha value is -1.62. The van der Waals surface area contributed by atoms with Gasteiger partial charge in [-0.2, -0.15) is 0 Å². The number of halogens is 1. The second-order valence-electron chi connectivity index (χ2n) is 4.91. The Bertz CT molecular complexity index is 449. The summed E-state index contributed by atoms with van der Waals surface area (Å²) in [7, 11) is 0. The predicted octanol–water partition coefficient (Wildman–Crippen LogP) is 2.56. The second kappa shape index (κ2) is 10.2. The minimum atomic E-state index is -0.380. The number of benzene rings is 1. The van der Waals surface area contributed by atoms with E-state index in [0.29, 0.717) is 12.1 Å². The Balaban J connectivity index is 2.60. The van der Waals surface area contributed by atoms with Crippen LogP contribution < -0.4 is 10.6 Å². The Morgan fingerprint density at radius 2 is 2.05 bits per heavy atom. The van der Waals surface area contributed by atoms with Crippen molar-refractivity contribution in [1.82, 2.24) is 10.6 Å². The van der Waals surface area contributed by atoms with Crippen molar-refractivity contribution >= 4 is 5.96 Å². The minimum Gasteiger partial charge on any atom is -0.392 e. The van der Waals surface area contributed by atoms with E-state index >= 15 is 0 Å². The van der Waals surface area contributed by atoms with E-state index in [1.54, 1.807) is 12.1 Å². The summed E-state index contributed by atoms with van der Waals surface area (Å²) >= 11 is 0. The molecule has 0 aliphatic heterocycles. The SMILES string of the molecule is CCCCCNC(=NCc1ccc(F)c(CO)c1)NCC. The van der Waals surface area contributed by atoms with Crippen molar-refractivity contribution in [1.29, 1.82) is 0 Å². The molecule has 1 aromatic rings. The summed E-state index contributed by atoms with van der Waals surface area (Å²) in [5, 5.41) is 15.5. The van der Waals surface area contributed by atoms with Gasteiger partial charge >= 0.3 is 0 Å². The number of aliphatic hydroxyl groups excluding tert-OH is 1. The molecule has 0 aromatic heterocycles. The minimum absolute atomic E-state index is 0.293. The van der Waals surface area contributed by atoms with Crippen LogP contribution >= 0.6 is 0 Å². The average molecular weight is 295 g/mol. The third-order valence-corrected chi connectivity index (χ3v) is 3.12. The zero-order valence-electron chi connectivity index (χ0n) is 13.0. The predicted molar refractivity (Wildman–Crippen MR) is 84.7 cm³/mol. The number of nitrogens with zero attached hydrogens (tertiary/aromatic N) is 1. The number of guanidine groups is 1. The van der Waals surface area contributed by atoms with Crippen molar-refractivity contribution in [2.24, 2.45) is 4.99 Å². The number of aliphatic hydroxyl groups is 1. The molecule has 21 heavy (non-hydrogen) atoms. The number of nitrogens with one attached hydrogen (secondary N) is 2. The Morgan fingerprint density at radius 1 is 1.24 bits per heavy atom. The first-order valence-electron chi connectivity index (χ1n) is 7.61. The summed E-state index contributed by atoms with van der Waals surface area (Å²) in [6.07, 6.45) is 3.51. The van der Waals surface area contributed by atoms with E-state index in [9.17, 15) is 4.39 Å². The lowest BCUT2D eigenvalue weighted by Gasteiger charge is -2.11. The molecule has 0 atom stereocenters. The maximum atomic E-state index is 13.3. The van der Waals surface area contributed by atoms with Gasteiger partial charge in [0.25, 0.3) is 0 Å². The molecular weight excluding hydrogens is 269 g/mol. The standard InChI is InChI=1S/C16H26FN3O/c1-3-5-6-9-19-16(18-4-2)20-11-13-7-8-15(17)14(10-13)12-21/h7-8,10,21H,3-6,9,11-12H2,1-2H3,(H2,18,19,20). The average Bonchev–Trinajstić information content (AvgIpc) is 2.50. The summed E-state index contributed by atoms with van der Waals surface area (Å²) in [5.41, 5.74) is 1.19. The highest BCUT2D eigenvalue weighted by atomic mass is 19.1. The van der Waals surface area contributed by atoms with Crippen molar-refractivity contribution in [3.05, 3.63) is 35.1 Å². The van der Waals surface area contributed by atoms with E-state index in [-0.39, 0.29) is 12.4 Å². The van der Waals surface area contributed by atoms with Gasteiger partial charge in [-0.25, -0.2) is 9.38 Å². The summed E-state index contributed by atoms with van der Waals surface area (Å²) in [6.45, 7) is 6.04. The van der Waals surface area contributed by atoms with Gasteiger partial charge in [0.1, 0.15) is 5.82 Å². The molecule has 0 saturated carbocycles. The van der Waals surface area contributed by atoms with Gasteiger partial charge in [-0.05, 0) is 31.0 Å². The molecule has 0 aliphatic carbocycles. The van der Waals surface area contributed by atoms with E-state index in [1.165, 1.54) is 18.9 Å². The molecule has 1 rings (SSSR count). The topological polar surface area (TPSA) is 56.7 Å². The van der Waals surface area contributed by atoms with E-state index < -0.39 is 0 Å². The largest absolute Gasteiger partial charge is 0.392 e. The normalized spacial score (nSPS) is 11.5. The fourth-order valence-corrected chi connectivity index (χ4v) is 1.94. The van der Waals surface area contributed by atoms with E-state index in [0.717, 1.165) is 31.0 Å². The first kappa shape index (κ1) is 17.4. The molecule has 3 N–H and O–H groups in total. The number of hydrogen-bond acceptors (Lipinski definition) is 2. The lowest BCUT2D eigenvalue weighted by Crippen LogP contribution is -2.37. The van der Waals surface area contributed by atoms with Gasteiger partial charge in [0, 0.05) is 18.7 Å². The fraction of sp³-hybridized carbons (Fsp3) is 0.562. The van der Waals surface area contributed by atoms with E-state index in [4.69, 9.17) is 5.11 Å². The lowest BCUT2D eigenvalue weighted by molar-refractivity contribution is 0.275. The van der Waals surface area contributed by atoms with Crippen LogP contribution in [0.25, 0.3) is 0 Å². The number of unbranched alkanes of at least 4 members (excludes halogenated alkanes) is 2.